The maximum absolute atomic E-state index is 6.81. The summed E-state index contributed by atoms with van der Waals surface area (Å²) in [7, 11) is -4.65. The molecule has 0 spiro atoms. The van der Waals surface area contributed by atoms with Gasteiger partial charge in [0, 0.05) is 21.3 Å². The summed E-state index contributed by atoms with van der Waals surface area (Å²) >= 11 is 0. The smallest absolute Gasteiger partial charge is 0.191 e. The molecule has 0 aromatic carbocycles. The third kappa shape index (κ3) is 8.37. The first kappa shape index (κ1) is 30.1. The molecule has 0 unspecified atom stereocenters. The Labute approximate surface area is 204 Å². The van der Waals surface area contributed by atoms with Gasteiger partial charge in [0.05, 0.1) is 0 Å². The van der Waals surface area contributed by atoms with Crippen molar-refractivity contribution in [3.63, 3.8) is 0 Å². The van der Waals surface area contributed by atoms with Crippen LogP contribution in [0.1, 0.15) is 48.0 Å². The van der Waals surface area contributed by atoms with Gasteiger partial charge in [-0.05, 0) is 72.4 Å². The van der Waals surface area contributed by atoms with Crippen LogP contribution in [0.5, 0.6) is 0 Å². The molecule has 1 saturated carbocycles. The van der Waals surface area contributed by atoms with Gasteiger partial charge in [0.2, 0.25) is 0 Å². The van der Waals surface area contributed by atoms with Crippen LogP contribution in [0.3, 0.4) is 0 Å². The second kappa shape index (κ2) is 10.8. The lowest BCUT2D eigenvalue weighted by molar-refractivity contribution is 0.124. The van der Waals surface area contributed by atoms with Crippen LogP contribution in [-0.4, -0.2) is 37.9 Å². The van der Waals surface area contributed by atoms with E-state index in [9.17, 15) is 0 Å². The van der Waals surface area contributed by atoms with E-state index < -0.39 is 24.7 Å². The van der Waals surface area contributed by atoms with Crippen molar-refractivity contribution in [3.8, 4) is 0 Å². The highest BCUT2D eigenvalue weighted by molar-refractivity contribution is 6.76. The Morgan fingerprint density at radius 3 is 1.50 bits per heavy atom. The van der Waals surface area contributed by atoms with E-state index in [0.29, 0.717) is 23.7 Å². The topological polar surface area (TPSA) is 18.5 Å². The molecule has 0 heterocycles. The Bertz CT molecular complexity index is 633. The van der Waals surface area contributed by atoms with Crippen LogP contribution < -0.4 is 0 Å². The van der Waals surface area contributed by atoms with Crippen molar-refractivity contribution in [2.45, 2.75) is 110 Å². The standard InChI is InChI=1S/C27H56O2Si3/c1-15-22-19-23(17-16-18-30(8,9)10)25(21-29-32(13,14)27(5,6)7)24(22)20-28-31(11,12)26(2,3)4/h15-17,22-25H,1,18-21H2,2-14H3/b17-16-/t22-,23+,24-,25+/m1/s1. The summed E-state index contributed by atoms with van der Waals surface area (Å²) in [6.07, 6.45) is 8.39. The van der Waals surface area contributed by atoms with Crippen molar-refractivity contribution in [1.29, 1.82) is 0 Å². The predicted molar refractivity (Wildman–Crippen MR) is 152 cm³/mol. The monoisotopic (exact) mass is 496 g/mol. The van der Waals surface area contributed by atoms with Gasteiger partial charge >= 0.3 is 0 Å². The quantitative estimate of drug-likeness (QED) is 0.222. The van der Waals surface area contributed by atoms with Crippen LogP contribution >= 0.6 is 0 Å². The maximum atomic E-state index is 6.81. The fourth-order valence-electron chi connectivity index (χ4n) is 3.92. The molecule has 5 heteroatoms. The van der Waals surface area contributed by atoms with Crippen molar-refractivity contribution >= 4 is 24.7 Å². The molecule has 0 aromatic rings. The van der Waals surface area contributed by atoms with Crippen molar-refractivity contribution in [1.82, 2.24) is 0 Å². The molecule has 0 aromatic heterocycles. The van der Waals surface area contributed by atoms with Crippen LogP contribution in [0.25, 0.3) is 0 Å². The molecule has 0 aliphatic heterocycles. The molecule has 188 valence electrons. The van der Waals surface area contributed by atoms with Crippen LogP contribution in [0.2, 0.25) is 61.9 Å². The second-order valence-electron chi connectivity index (χ2n) is 14.5. The van der Waals surface area contributed by atoms with E-state index in [-0.39, 0.29) is 10.1 Å². The van der Waals surface area contributed by atoms with Crippen molar-refractivity contribution in [2.24, 2.45) is 23.7 Å². The third-order valence-electron chi connectivity index (χ3n) is 8.50. The minimum atomic E-state index is -1.79. The number of hydrogen-bond donors (Lipinski definition) is 0. The van der Waals surface area contributed by atoms with Gasteiger partial charge in [-0.3, -0.25) is 0 Å². The summed E-state index contributed by atoms with van der Waals surface area (Å²) in [5.74, 6) is 2.07. The SMILES string of the molecule is C=C[C@@H]1C[C@H](/C=C\C[Si](C)(C)C)[C@H](CO[Si](C)(C)C(C)(C)C)[C@@H]1CO[Si](C)(C)C(C)(C)C. The molecule has 2 nitrogen and oxygen atoms in total. The first-order valence-electron chi connectivity index (χ1n) is 12.8. The molecule has 0 radical (unpaired) electrons. The van der Waals surface area contributed by atoms with Crippen LogP contribution in [-0.2, 0) is 8.85 Å². The lowest BCUT2D eigenvalue weighted by Gasteiger charge is -2.40. The zero-order chi connectivity index (χ0) is 25.2. The number of allylic oxidation sites excluding steroid dienone is 3. The fraction of sp³-hybridized carbons (Fsp3) is 0.852. The Kier molecular flexibility index (Phi) is 10.1. The van der Waals surface area contributed by atoms with E-state index in [1.54, 1.807) is 0 Å². The average molecular weight is 497 g/mol. The molecule has 0 N–H and O–H groups in total. The first-order chi connectivity index (χ1) is 14.2. The maximum Gasteiger partial charge on any atom is 0.191 e. The van der Waals surface area contributed by atoms with Gasteiger partial charge in [0.15, 0.2) is 16.6 Å². The Morgan fingerprint density at radius 2 is 1.16 bits per heavy atom. The molecular formula is C27H56O2Si3. The zero-order valence-electron chi connectivity index (χ0n) is 23.9. The zero-order valence-corrected chi connectivity index (χ0v) is 26.9. The van der Waals surface area contributed by atoms with Crippen LogP contribution in [0, 0.1) is 23.7 Å². The van der Waals surface area contributed by atoms with E-state index in [4.69, 9.17) is 8.85 Å². The van der Waals surface area contributed by atoms with E-state index in [1.165, 1.54) is 12.5 Å². The summed E-state index contributed by atoms with van der Waals surface area (Å²) in [5, 5.41) is 0.471. The minimum Gasteiger partial charge on any atom is -0.417 e. The lowest BCUT2D eigenvalue weighted by Crippen LogP contribution is -2.45. The first-order valence-corrected chi connectivity index (χ1v) is 22.3. The summed E-state index contributed by atoms with van der Waals surface area (Å²) in [6.45, 7) is 36.8. The highest BCUT2D eigenvalue weighted by Gasteiger charge is 2.45. The molecule has 1 rings (SSSR count). The summed E-state index contributed by atoms with van der Waals surface area (Å²) < 4.78 is 13.6. The molecule has 0 bridgehead atoms. The van der Waals surface area contributed by atoms with E-state index in [2.05, 4.69) is 112 Å². The third-order valence-corrected chi connectivity index (χ3v) is 19.0. The molecular weight excluding hydrogens is 441 g/mol. The van der Waals surface area contributed by atoms with E-state index in [1.807, 2.05) is 0 Å². The minimum absolute atomic E-state index is 0.235. The van der Waals surface area contributed by atoms with E-state index in [0.717, 1.165) is 13.2 Å². The fourth-order valence-corrected chi connectivity index (χ4v) is 6.85. The molecule has 32 heavy (non-hydrogen) atoms. The molecule has 0 saturated heterocycles. The van der Waals surface area contributed by atoms with Crippen LogP contribution in [0.4, 0.5) is 0 Å². The van der Waals surface area contributed by atoms with Crippen molar-refractivity contribution in [3.05, 3.63) is 24.8 Å². The number of hydrogen-bond acceptors (Lipinski definition) is 2. The average Bonchev–Trinajstić information content (AvgIpc) is 2.92. The van der Waals surface area contributed by atoms with Gasteiger partial charge in [-0.2, -0.15) is 0 Å². The highest BCUT2D eigenvalue weighted by Crippen LogP contribution is 2.46. The molecule has 1 aliphatic carbocycles. The summed E-state index contributed by atoms with van der Waals surface area (Å²) in [4.78, 5) is 0. The summed E-state index contributed by atoms with van der Waals surface area (Å²) in [6, 6.07) is 1.25. The van der Waals surface area contributed by atoms with Crippen molar-refractivity contribution < 1.29 is 8.85 Å². The molecule has 1 fully saturated rings. The van der Waals surface area contributed by atoms with Gasteiger partial charge in [-0.1, -0.05) is 79.4 Å². The molecule has 0 amide bonds. The van der Waals surface area contributed by atoms with Crippen LogP contribution in [0.15, 0.2) is 24.8 Å². The van der Waals surface area contributed by atoms with Crippen molar-refractivity contribution in [2.75, 3.05) is 13.2 Å². The highest BCUT2D eigenvalue weighted by atomic mass is 28.4. The normalized spacial score (nSPS) is 26.2. The largest absolute Gasteiger partial charge is 0.417 e. The Balaban J connectivity index is 3.13. The predicted octanol–water partition coefficient (Wildman–Crippen LogP) is 8.98. The lowest BCUT2D eigenvalue weighted by atomic mass is 9.88. The Hall–Kier alpha value is 0.0506. The van der Waals surface area contributed by atoms with Gasteiger partial charge in [-0.25, -0.2) is 0 Å². The van der Waals surface area contributed by atoms with Gasteiger partial charge in [0.1, 0.15) is 0 Å². The molecule has 4 atom stereocenters. The Morgan fingerprint density at radius 1 is 0.750 bits per heavy atom. The second-order valence-corrected chi connectivity index (χ2v) is 29.6. The number of rotatable bonds is 10. The van der Waals surface area contributed by atoms with E-state index >= 15 is 0 Å². The summed E-state index contributed by atoms with van der Waals surface area (Å²) in [5.41, 5.74) is 0. The van der Waals surface area contributed by atoms with Gasteiger partial charge in [0.25, 0.3) is 0 Å². The molecule has 1 aliphatic rings. The van der Waals surface area contributed by atoms with Gasteiger partial charge < -0.3 is 8.85 Å². The van der Waals surface area contributed by atoms with Gasteiger partial charge in [-0.15, -0.1) is 6.58 Å².